The molecule has 0 bridgehead atoms. The van der Waals surface area contributed by atoms with Gasteiger partial charge in [-0.1, -0.05) is 12.1 Å². The molecule has 0 aliphatic heterocycles. The molecule has 1 rings (SSSR count). The van der Waals surface area contributed by atoms with Crippen LogP contribution in [-0.4, -0.2) is 18.6 Å². The summed E-state index contributed by atoms with van der Waals surface area (Å²) >= 11 is 0. The van der Waals surface area contributed by atoms with E-state index in [9.17, 15) is 9.18 Å². The van der Waals surface area contributed by atoms with Crippen molar-refractivity contribution in [2.75, 3.05) is 6.54 Å². The zero-order valence-corrected chi connectivity index (χ0v) is 10.3. The second-order valence-electron chi connectivity index (χ2n) is 3.76. The number of hydrogen-bond donors (Lipinski definition) is 2. The van der Waals surface area contributed by atoms with E-state index in [4.69, 9.17) is 10.5 Å². The largest absolute Gasteiger partial charge is 0.478 e. The van der Waals surface area contributed by atoms with Gasteiger partial charge in [-0.25, -0.2) is 4.39 Å². The van der Waals surface area contributed by atoms with Gasteiger partial charge >= 0.3 is 0 Å². The van der Waals surface area contributed by atoms with Gasteiger partial charge in [0.05, 0.1) is 0 Å². The standard InChI is InChI=1S/C13H17FN2O2/c1-3-6-16-13(17)9(2)18-12-5-4-10(8-15)7-11(12)14/h3-5,7,9H,1,6,8,15H2,2H3,(H,16,17). The van der Waals surface area contributed by atoms with Crippen LogP contribution in [0.25, 0.3) is 0 Å². The molecule has 0 saturated carbocycles. The Bertz CT molecular complexity index is 435. The lowest BCUT2D eigenvalue weighted by atomic mass is 10.2. The molecule has 18 heavy (non-hydrogen) atoms. The van der Waals surface area contributed by atoms with Crippen molar-refractivity contribution in [1.29, 1.82) is 0 Å². The molecular weight excluding hydrogens is 235 g/mol. The number of hydrogen-bond acceptors (Lipinski definition) is 3. The molecule has 0 aliphatic rings. The van der Waals surface area contributed by atoms with Crippen LogP contribution in [0.5, 0.6) is 5.75 Å². The van der Waals surface area contributed by atoms with Crippen LogP contribution in [0.2, 0.25) is 0 Å². The lowest BCUT2D eigenvalue weighted by Crippen LogP contribution is -2.36. The Morgan fingerprint density at radius 2 is 2.39 bits per heavy atom. The number of nitrogens with two attached hydrogens (primary N) is 1. The van der Waals surface area contributed by atoms with Gasteiger partial charge in [-0.2, -0.15) is 0 Å². The Hall–Kier alpha value is -1.88. The van der Waals surface area contributed by atoms with Crippen LogP contribution in [-0.2, 0) is 11.3 Å². The second kappa shape index (κ2) is 6.76. The van der Waals surface area contributed by atoms with Crippen molar-refractivity contribution in [1.82, 2.24) is 5.32 Å². The van der Waals surface area contributed by atoms with E-state index in [1.807, 2.05) is 0 Å². The lowest BCUT2D eigenvalue weighted by Gasteiger charge is -2.14. The van der Waals surface area contributed by atoms with Crippen molar-refractivity contribution in [2.24, 2.45) is 5.73 Å². The predicted molar refractivity (Wildman–Crippen MR) is 67.6 cm³/mol. The first-order valence-corrected chi connectivity index (χ1v) is 5.62. The molecule has 3 N–H and O–H groups in total. The highest BCUT2D eigenvalue weighted by Crippen LogP contribution is 2.19. The molecule has 98 valence electrons. The number of rotatable bonds is 6. The van der Waals surface area contributed by atoms with E-state index in [0.29, 0.717) is 12.1 Å². The molecule has 1 aromatic carbocycles. The van der Waals surface area contributed by atoms with Gasteiger partial charge in [-0.3, -0.25) is 4.79 Å². The summed E-state index contributed by atoms with van der Waals surface area (Å²) in [5.41, 5.74) is 6.06. The van der Waals surface area contributed by atoms with E-state index >= 15 is 0 Å². The zero-order valence-electron chi connectivity index (χ0n) is 10.3. The fourth-order valence-corrected chi connectivity index (χ4v) is 1.33. The van der Waals surface area contributed by atoms with Gasteiger partial charge in [0.25, 0.3) is 5.91 Å². The first-order chi connectivity index (χ1) is 8.58. The van der Waals surface area contributed by atoms with E-state index in [0.717, 1.165) is 0 Å². The fourth-order valence-electron chi connectivity index (χ4n) is 1.33. The number of amides is 1. The van der Waals surface area contributed by atoms with E-state index in [-0.39, 0.29) is 18.2 Å². The summed E-state index contributed by atoms with van der Waals surface area (Å²) in [7, 11) is 0. The molecule has 0 saturated heterocycles. The minimum absolute atomic E-state index is 0.0356. The van der Waals surface area contributed by atoms with Crippen molar-refractivity contribution in [3.63, 3.8) is 0 Å². The molecule has 1 aromatic rings. The molecule has 0 radical (unpaired) electrons. The third-order valence-electron chi connectivity index (χ3n) is 2.33. The van der Waals surface area contributed by atoms with Crippen LogP contribution >= 0.6 is 0 Å². The van der Waals surface area contributed by atoms with Crippen molar-refractivity contribution in [3.05, 3.63) is 42.2 Å². The molecule has 5 heteroatoms. The Morgan fingerprint density at radius 1 is 1.67 bits per heavy atom. The van der Waals surface area contributed by atoms with Gasteiger partial charge < -0.3 is 15.8 Å². The highest BCUT2D eigenvalue weighted by atomic mass is 19.1. The van der Waals surface area contributed by atoms with Gasteiger partial charge in [-0.15, -0.1) is 6.58 Å². The minimum atomic E-state index is -0.775. The smallest absolute Gasteiger partial charge is 0.261 e. The van der Waals surface area contributed by atoms with Crippen molar-refractivity contribution >= 4 is 5.91 Å². The fraction of sp³-hybridized carbons (Fsp3) is 0.308. The van der Waals surface area contributed by atoms with Crippen LogP contribution in [0.1, 0.15) is 12.5 Å². The average Bonchev–Trinajstić information content (AvgIpc) is 2.38. The van der Waals surface area contributed by atoms with E-state index in [2.05, 4.69) is 11.9 Å². The number of ether oxygens (including phenoxy) is 1. The van der Waals surface area contributed by atoms with Crippen LogP contribution in [0.15, 0.2) is 30.9 Å². The Kier molecular flexibility index (Phi) is 5.32. The van der Waals surface area contributed by atoms with Crippen LogP contribution in [0.3, 0.4) is 0 Å². The van der Waals surface area contributed by atoms with Crippen LogP contribution < -0.4 is 15.8 Å². The molecular formula is C13H17FN2O2. The number of carbonyl (C=O) groups excluding carboxylic acids is 1. The Labute approximate surface area is 106 Å². The summed E-state index contributed by atoms with van der Waals surface area (Å²) in [6, 6.07) is 4.42. The Balaban J connectivity index is 2.66. The summed E-state index contributed by atoms with van der Waals surface area (Å²) in [5.74, 6) is -0.813. The third kappa shape index (κ3) is 3.85. The van der Waals surface area contributed by atoms with Gasteiger partial charge in [0.2, 0.25) is 0 Å². The molecule has 1 atom stereocenters. The zero-order chi connectivity index (χ0) is 13.5. The molecule has 4 nitrogen and oxygen atoms in total. The molecule has 0 heterocycles. The normalized spacial score (nSPS) is 11.7. The molecule has 0 fully saturated rings. The SMILES string of the molecule is C=CCNC(=O)C(C)Oc1ccc(CN)cc1F. The summed E-state index contributed by atoms with van der Waals surface area (Å²) in [6.45, 7) is 5.64. The number of benzene rings is 1. The second-order valence-corrected chi connectivity index (χ2v) is 3.76. The first kappa shape index (κ1) is 14.2. The topological polar surface area (TPSA) is 64.3 Å². The number of halogens is 1. The van der Waals surface area contributed by atoms with E-state index in [1.54, 1.807) is 19.1 Å². The molecule has 0 spiro atoms. The summed E-state index contributed by atoms with van der Waals surface area (Å²) < 4.78 is 18.8. The van der Waals surface area contributed by atoms with Gasteiger partial charge in [0.15, 0.2) is 17.7 Å². The maximum Gasteiger partial charge on any atom is 0.261 e. The van der Waals surface area contributed by atoms with Crippen molar-refractivity contribution < 1.29 is 13.9 Å². The highest BCUT2D eigenvalue weighted by molar-refractivity contribution is 5.80. The van der Waals surface area contributed by atoms with Gasteiger partial charge in [0.1, 0.15) is 0 Å². The highest BCUT2D eigenvalue weighted by Gasteiger charge is 2.15. The van der Waals surface area contributed by atoms with Gasteiger partial charge in [0, 0.05) is 13.1 Å². The average molecular weight is 252 g/mol. The Morgan fingerprint density at radius 3 is 2.94 bits per heavy atom. The van der Waals surface area contributed by atoms with E-state index < -0.39 is 11.9 Å². The quantitative estimate of drug-likeness (QED) is 0.751. The summed E-state index contributed by atoms with van der Waals surface area (Å²) in [6.07, 6.45) is 0.782. The first-order valence-electron chi connectivity index (χ1n) is 5.62. The molecule has 1 unspecified atom stereocenters. The third-order valence-corrected chi connectivity index (χ3v) is 2.33. The lowest BCUT2D eigenvalue weighted by molar-refractivity contribution is -0.127. The summed E-state index contributed by atoms with van der Waals surface area (Å²) in [4.78, 5) is 11.5. The van der Waals surface area contributed by atoms with Crippen molar-refractivity contribution in [3.8, 4) is 5.75 Å². The molecule has 0 aliphatic carbocycles. The monoisotopic (exact) mass is 252 g/mol. The van der Waals surface area contributed by atoms with Gasteiger partial charge in [-0.05, 0) is 24.6 Å². The predicted octanol–water partition coefficient (Wildman–Crippen LogP) is 1.35. The minimum Gasteiger partial charge on any atom is -0.478 e. The number of carbonyl (C=O) groups is 1. The maximum absolute atomic E-state index is 13.6. The number of nitrogens with one attached hydrogen (secondary N) is 1. The molecule has 1 amide bonds. The maximum atomic E-state index is 13.6. The molecule has 0 aromatic heterocycles. The van der Waals surface area contributed by atoms with Crippen LogP contribution in [0, 0.1) is 5.82 Å². The van der Waals surface area contributed by atoms with E-state index in [1.165, 1.54) is 12.1 Å². The van der Waals surface area contributed by atoms with Crippen molar-refractivity contribution in [2.45, 2.75) is 19.6 Å². The van der Waals surface area contributed by atoms with Crippen LogP contribution in [0.4, 0.5) is 4.39 Å². The summed E-state index contributed by atoms with van der Waals surface area (Å²) in [5, 5.41) is 2.57.